The largest absolute Gasteiger partial charge is 0.477 e. The minimum absolute atomic E-state index is 0.130. The molecular formula is C13H12N2O2. The van der Waals surface area contributed by atoms with Crippen molar-refractivity contribution in [2.24, 2.45) is 0 Å². The van der Waals surface area contributed by atoms with Crippen molar-refractivity contribution in [3.63, 3.8) is 0 Å². The molecule has 2 rings (SSSR count). The lowest BCUT2D eigenvalue weighted by molar-refractivity contribution is 0.103. The second-order valence-electron chi connectivity index (χ2n) is 3.37. The molecule has 0 spiro atoms. The summed E-state index contributed by atoms with van der Waals surface area (Å²) >= 11 is 0. The van der Waals surface area contributed by atoms with Crippen LogP contribution in [-0.4, -0.2) is 22.4 Å². The molecule has 0 N–H and O–H groups in total. The van der Waals surface area contributed by atoms with Crippen molar-refractivity contribution in [1.82, 2.24) is 9.97 Å². The van der Waals surface area contributed by atoms with E-state index in [1.807, 2.05) is 25.1 Å². The lowest BCUT2D eigenvalue weighted by atomic mass is 10.1. The number of hydrogen-bond donors (Lipinski definition) is 0. The van der Waals surface area contributed by atoms with Gasteiger partial charge < -0.3 is 4.74 Å². The van der Waals surface area contributed by atoms with Gasteiger partial charge in [0.2, 0.25) is 5.88 Å². The standard InChI is InChI=1S/C13H12N2O2/c1-2-17-13-11(8-14-9-15-13)12(16)10-6-4-3-5-7-10/h3-9H,2H2,1H3. The van der Waals surface area contributed by atoms with Gasteiger partial charge in [0.05, 0.1) is 6.61 Å². The van der Waals surface area contributed by atoms with Crippen LogP contribution in [0.5, 0.6) is 5.88 Å². The van der Waals surface area contributed by atoms with Crippen LogP contribution in [0.1, 0.15) is 22.8 Å². The van der Waals surface area contributed by atoms with Gasteiger partial charge in [0.15, 0.2) is 5.78 Å². The van der Waals surface area contributed by atoms with Crippen LogP contribution in [0.25, 0.3) is 0 Å². The van der Waals surface area contributed by atoms with Gasteiger partial charge in [0, 0.05) is 11.8 Å². The van der Waals surface area contributed by atoms with Crippen LogP contribution in [0.15, 0.2) is 42.9 Å². The molecule has 0 aliphatic rings. The molecule has 0 saturated carbocycles. The summed E-state index contributed by atoms with van der Waals surface area (Å²) in [6.45, 7) is 2.31. The summed E-state index contributed by atoms with van der Waals surface area (Å²) in [5, 5.41) is 0. The minimum Gasteiger partial charge on any atom is -0.477 e. The van der Waals surface area contributed by atoms with Crippen LogP contribution in [0.3, 0.4) is 0 Å². The molecule has 17 heavy (non-hydrogen) atoms. The number of hydrogen-bond acceptors (Lipinski definition) is 4. The van der Waals surface area contributed by atoms with Crippen molar-refractivity contribution in [3.05, 3.63) is 54.0 Å². The minimum atomic E-state index is -0.130. The smallest absolute Gasteiger partial charge is 0.227 e. The maximum Gasteiger partial charge on any atom is 0.227 e. The summed E-state index contributed by atoms with van der Waals surface area (Å²) in [7, 11) is 0. The van der Waals surface area contributed by atoms with Crippen LogP contribution in [-0.2, 0) is 0 Å². The first-order valence-electron chi connectivity index (χ1n) is 5.35. The molecule has 0 bridgehead atoms. The molecule has 0 fully saturated rings. The zero-order chi connectivity index (χ0) is 12.1. The Morgan fingerprint density at radius 3 is 2.76 bits per heavy atom. The number of nitrogens with zero attached hydrogens (tertiary/aromatic N) is 2. The summed E-state index contributed by atoms with van der Waals surface area (Å²) in [6.07, 6.45) is 2.85. The SMILES string of the molecule is CCOc1ncncc1C(=O)c1ccccc1. The van der Waals surface area contributed by atoms with Crippen LogP contribution in [0.2, 0.25) is 0 Å². The Balaban J connectivity index is 2.37. The van der Waals surface area contributed by atoms with Crippen LogP contribution in [0, 0.1) is 0 Å². The molecule has 0 aliphatic carbocycles. The first-order valence-corrected chi connectivity index (χ1v) is 5.35. The van der Waals surface area contributed by atoms with Gasteiger partial charge in [-0.15, -0.1) is 0 Å². The summed E-state index contributed by atoms with van der Waals surface area (Å²) in [5.41, 5.74) is 0.990. The predicted molar refractivity (Wildman–Crippen MR) is 63.1 cm³/mol. The molecule has 86 valence electrons. The number of carbonyl (C=O) groups excluding carboxylic acids is 1. The average Bonchev–Trinajstić information content (AvgIpc) is 2.40. The fraction of sp³-hybridized carbons (Fsp3) is 0.154. The maximum absolute atomic E-state index is 12.2. The quantitative estimate of drug-likeness (QED) is 0.752. The van der Waals surface area contributed by atoms with Gasteiger partial charge in [-0.3, -0.25) is 4.79 Å². The van der Waals surface area contributed by atoms with Crippen LogP contribution in [0.4, 0.5) is 0 Å². The number of rotatable bonds is 4. The zero-order valence-electron chi connectivity index (χ0n) is 9.46. The first-order chi connectivity index (χ1) is 8.33. The van der Waals surface area contributed by atoms with Crippen LogP contribution >= 0.6 is 0 Å². The maximum atomic E-state index is 12.2. The monoisotopic (exact) mass is 228 g/mol. The fourth-order valence-electron chi connectivity index (χ4n) is 1.47. The zero-order valence-corrected chi connectivity index (χ0v) is 9.46. The van der Waals surface area contributed by atoms with E-state index in [9.17, 15) is 4.79 Å². The number of ether oxygens (including phenoxy) is 1. The van der Waals surface area contributed by atoms with Gasteiger partial charge in [-0.2, -0.15) is 0 Å². The van der Waals surface area contributed by atoms with Crippen molar-refractivity contribution in [3.8, 4) is 5.88 Å². The van der Waals surface area contributed by atoms with Gasteiger partial charge in [0.1, 0.15) is 11.9 Å². The Morgan fingerprint density at radius 2 is 2.06 bits per heavy atom. The average molecular weight is 228 g/mol. The van der Waals surface area contributed by atoms with Crippen molar-refractivity contribution in [2.75, 3.05) is 6.61 Å². The fourth-order valence-corrected chi connectivity index (χ4v) is 1.47. The third kappa shape index (κ3) is 2.47. The van der Waals surface area contributed by atoms with E-state index in [1.165, 1.54) is 12.5 Å². The number of aromatic nitrogens is 2. The first kappa shape index (κ1) is 11.3. The predicted octanol–water partition coefficient (Wildman–Crippen LogP) is 2.11. The van der Waals surface area contributed by atoms with E-state index in [0.717, 1.165) is 0 Å². The summed E-state index contributed by atoms with van der Waals surface area (Å²) in [5.74, 6) is 0.200. The highest BCUT2D eigenvalue weighted by atomic mass is 16.5. The second kappa shape index (κ2) is 5.21. The number of carbonyl (C=O) groups is 1. The third-order valence-corrected chi connectivity index (χ3v) is 2.24. The summed E-state index contributed by atoms with van der Waals surface area (Å²) in [6, 6.07) is 9.01. The molecule has 4 nitrogen and oxygen atoms in total. The van der Waals surface area contributed by atoms with Gasteiger partial charge in [-0.25, -0.2) is 9.97 Å². The third-order valence-electron chi connectivity index (χ3n) is 2.24. The van der Waals surface area contributed by atoms with Crippen molar-refractivity contribution in [2.45, 2.75) is 6.92 Å². The van der Waals surface area contributed by atoms with Crippen molar-refractivity contribution >= 4 is 5.78 Å². The van der Waals surface area contributed by atoms with Crippen molar-refractivity contribution < 1.29 is 9.53 Å². The second-order valence-corrected chi connectivity index (χ2v) is 3.37. The van der Waals surface area contributed by atoms with E-state index in [1.54, 1.807) is 12.1 Å². The van der Waals surface area contributed by atoms with E-state index in [4.69, 9.17) is 4.74 Å². The molecule has 0 amide bonds. The Kier molecular flexibility index (Phi) is 3.45. The van der Waals surface area contributed by atoms with E-state index < -0.39 is 0 Å². The Bertz CT molecular complexity index is 512. The normalized spacial score (nSPS) is 9.94. The molecule has 1 aromatic carbocycles. The van der Waals surface area contributed by atoms with Gasteiger partial charge in [-0.1, -0.05) is 30.3 Å². The number of ketones is 1. The lowest BCUT2D eigenvalue weighted by Gasteiger charge is -2.06. The molecule has 4 heteroatoms. The molecule has 0 aliphatic heterocycles. The van der Waals surface area contributed by atoms with E-state index >= 15 is 0 Å². The lowest BCUT2D eigenvalue weighted by Crippen LogP contribution is -2.07. The Labute approximate surface area is 99.3 Å². The van der Waals surface area contributed by atoms with E-state index in [-0.39, 0.29) is 5.78 Å². The van der Waals surface area contributed by atoms with Gasteiger partial charge >= 0.3 is 0 Å². The topological polar surface area (TPSA) is 52.1 Å². The highest BCUT2D eigenvalue weighted by Gasteiger charge is 2.15. The summed E-state index contributed by atoms with van der Waals surface area (Å²) < 4.78 is 5.31. The van der Waals surface area contributed by atoms with Gasteiger partial charge in [-0.05, 0) is 6.92 Å². The Morgan fingerprint density at radius 1 is 1.29 bits per heavy atom. The van der Waals surface area contributed by atoms with Crippen LogP contribution < -0.4 is 4.74 Å². The Hall–Kier alpha value is -2.23. The highest BCUT2D eigenvalue weighted by molar-refractivity contribution is 6.10. The van der Waals surface area contributed by atoms with Crippen molar-refractivity contribution in [1.29, 1.82) is 0 Å². The molecule has 0 saturated heterocycles. The molecule has 0 atom stereocenters. The molecule has 0 radical (unpaired) electrons. The van der Waals surface area contributed by atoms with E-state index in [0.29, 0.717) is 23.6 Å². The van der Waals surface area contributed by atoms with Gasteiger partial charge in [0.25, 0.3) is 0 Å². The summed E-state index contributed by atoms with van der Waals surface area (Å²) in [4.78, 5) is 20.0. The molecule has 0 unspecified atom stereocenters. The molecular weight excluding hydrogens is 216 g/mol. The van der Waals surface area contributed by atoms with E-state index in [2.05, 4.69) is 9.97 Å². The molecule has 1 heterocycles. The highest BCUT2D eigenvalue weighted by Crippen LogP contribution is 2.17. The number of benzene rings is 1. The molecule has 2 aromatic rings. The molecule has 1 aromatic heterocycles.